The van der Waals surface area contributed by atoms with Crippen LogP contribution in [0.4, 0.5) is 13.2 Å². The first-order valence-corrected chi connectivity index (χ1v) is 7.04. The molecule has 1 N–H and O–H groups in total. The average molecular weight is 443 g/mol. The topological polar surface area (TPSA) is 20.2 Å². The molecule has 100 valence electrons. The Morgan fingerprint density at radius 2 is 1.68 bits per heavy atom. The molecule has 0 fully saturated rings. The molecular weight excluding hydrogens is 436 g/mol. The van der Waals surface area contributed by atoms with Crippen molar-refractivity contribution in [2.45, 2.75) is 6.10 Å². The van der Waals surface area contributed by atoms with Gasteiger partial charge in [-0.2, -0.15) is 0 Å². The zero-order valence-corrected chi connectivity index (χ0v) is 13.0. The van der Waals surface area contributed by atoms with Crippen molar-refractivity contribution in [1.82, 2.24) is 0 Å². The molecule has 1 nitrogen and oxygen atoms in total. The van der Waals surface area contributed by atoms with Crippen LogP contribution in [0.1, 0.15) is 17.2 Å². The van der Waals surface area contributed by atoms with Crippen LogP contribution in [-0.4, -0.2) is 5.11 Å². The third-order valence-electron chi connectivity index (χ3n) is 2.59. The molecule has 0 aromatic heterocycles. The third kappa shape index (κ3) is 3.11. The maximum absolute atomic E-state index is 13.7. The minimum absolute atomic E-state index is 0.0187. The second-order valence-electron chi connectivity index (χ2n) is 3.86. The summed E-state index contributed by atoms with van der Waals surface area (Å²) in [4.78, 5) is 0. The lowest BCUT2D eigenvalue weighted by Gasteiger charge is -2.15. The molecule has 0 aliphatic carbocycles. The van der Waals surface area contributed by atoms with Crippen LogP contribution in [-0.2, 0) is 0 Å². The van der Waals surface area contributed by atoms with Crippen molar-refractivity contribution in [1.29, 1.82) is 0 Å². The minimum Gasteiger partial charge on any atom is -0.384 e. The third-order valence-corrected chi connectivity index (χ3v) is 4.13. The van der Waals surface area contributed by atoms with E-state index in [0.29, 0.717) is 9.13 Å². The molecule has 1 unspecified atom stereocenters. The number of aliphatic hydroxyl groups is 1. The Morgan fingerprint density at radius 1 is 1.00 bits per heavy atom. The zero-order chi connectivity index (χ0) is 14.2. The van der Waals surface area contributed by atoms with Gasteiger partial charge in [0.25, 0.3) is 0 Å². The summed E-state index contributed by atoms with van der Waals surface area (Å²) in [5, 5.41) is 10.1. The molecule has 0 saturated carbocycles. The van der Waals surface area contributed by atoms with E-state index in [1.807, 2.05) is 22.6 Å². The number of benzene rings is 2. The smallest absolute Gasteiger partial charge is 0.137 e. The highest BCUT2D eigenvalue weighted by molar-refractivity contribution is 14.1. The van der Waals surface area contributed by atoms with E-state index in [4.69, 9.17) is 0 Å². The van der Waals surface area contributed by atoms with E-state index in [1.54, 1.807) is 0 Å². The summed E-state index contributed by atoms with van der Waals surface area (Å²) in [6.07, 6.45) is -1.35. The molecule has 0 aliphatic heterocycles. The molecule has 0 amide bonds. The fourth-order valence-electron chi connectivity index (χ4n) is 1.64. The Balaban J connectivity index is 2.49. The van der Waals surface area contributed by atoms with Gasteiger partial charge in [0.1, 0.15) is 23.6 Å². The number of aliphatic hydroxyl groups excluding tert-OH is 1. The van der Waals surface area contributed by atoms with E-state index >= 15 is 0 Å². The van der Waals surface area contributed by atoms with Crippen molar-refractivity contribution in [3.05, 3.63) is 67.0 Å². The van der Waals surface area contributed by atoms with Crippen LogP contribution in [0.2, 0.25) is 0 Å². The molecule has 0 bridgehead atoms. The number of halogens is 5. The van der Waals surface area contributed by atoms with Crippen LogP contribution in [0.5, 0.6) is 0 Å². The lowest BCUT2D eigenvalue weighted by atomic mass is 10.0. The summed E-state index contributed by atoms with van der Waals surface area (Å²) in [5.74, 6) is -1.86. The summed E-state index contributed by atoms with van der Waals surface area (Å²) >= 11 is 4.69. The Kier molecular flexibility index (Phi) is 4.52. The van der Waals surface area contributed by atoms with E-state index in [0.717, 1.165) is 18.2 Å². The molecule has 2 aromatic rings. The van der Waals surface area contributed by atoms with Crippen LogP contribution in [0, 0.1) is 21.0 Å². The summed E-state index contributed by atoms with van der Waals surface area (Å²) in [6.45, 7) is 0. The second-order valence-corrected chi connectivity index (χ2v) is 5.87. The Labute approximate surface area is 129 Å². The highest BCUT2D eigenvalue weighted by Gasteiger charge is 2.20. The molecular formula is C13H7BrF3IO. The normalized spacial score (nSPS) is 12.5. The fraction of sp³-hybridized carbons (Fsp3) is 0.0769. The molecule has 0 radical (unpaired) electrons. The zero-order valence-electron chi connectivity index (χ0n) is 9.30. The van der Waals surface area contributed by atoms with Crippen LogP contribution in [0.3, 0.4) is 0 Å². The van der Waals surface area contributed by atoms with Gasteiger partial charge >= 0.3 is 0 Å². The number of hydrogen-bond donors (Lipinski definition) is 1. The van der Waals surface area contributed by atoms with Crippen molar-refractivity contribution >= 4 is 38.5 Å². The first kappa shape index (κ1) is 14.8. The van der Waals surface area contributed by atoms with Crippen LogP contribution in [0.25, 0.3) is 0 Å². The van der Waals surface area contributed by atoms with E-state index in [1.165, 1.54) is 12.1 Å². The van der Waals surface area contributed by atoms with Gasteiger partial charge in [0.2, 0.25) is 0 Å². The van der Waals surface area contributed by atoms with E-state index in [-0.39, 0.29) is 10.0 Å². The first-order valence-electron chi connectivity index (χ1n) is 5.17. The molecule has 0 heterocycles. The van der Waals surface area contributed by atoms with Gasteiger partial charge in [0.05, 0.1) is 4.47 Å². The molecule has 6 heteroatoms. The summed E-state index contributed by atoms with van der Waals surface area (Å²) < 4.78 is 40.6. The summed E-state index contributed by atoms with van der Waals surface area (Å²) in [5.41, 5.74) is 0.132. The second kappa shape index (κ2) is 5.80. The van der Waals surface area contributed by atoms with E-state index in [2.05, 4.69) is 15.9 Å². The van der Waals surface area contributed by atoms with E-state index in [9.17, 15) is 18.3 Å². The Morgan fingerprint density at radius 3 is 2.32 bits per heavy atom. The van der Waals surface area contributed by atoms with Gasteiger partial charge in [-0.15, -0.1) is 0 Å². The van der Waals surface area contributed by atoms with Gasteiger partial charge in [-0.05, 0) is 68.3 Å². The van der Waals surface area contributed by atoms with Gasteiger partial charge in [-0.3, -0.25) is 0 Å². The highest BCUT2D eigenvalue weighted by atomic mass is 127. The highest BCUT2D eigenvalue weighted by Crippen LogP contribution is 2.30. The Hall–Kier alpha value is -0.600. The average Bonchev–Trinajstić information content (AvgIpc) is 2.33. The first-order chi connectivity index (χ1) is 8.90. The molecule has 0 saturated heterocycles. The van der Waals surface area contributed by atoms with Crippen LogP contribution < -0.4 is 0 Å². The summed E-state index contributed by atoms with van der Waals surface area (Å²) in [6, 6.07) is 5.59. The Bertz CT molecular complexity index is 634. The number of hydrogen-bond acceptors (Lipinski definition) is 1. The van der Waals surface area contributed by atoms with Crippen molar-refractivity contribution in [3.8, 4) is 0 Å². The molecule has 0 aliphatic rings. The van der Waals surface area contributed by atoms with Gasteiger partial charge in [0, 0.05) is 9.13 Å². The van der Waals surface area contributed by atoms with Gasteiger partial charge < -0.3 is 5.11 Å². The molecule has 19 heavy (non-hydrogen) atoms. The standard InChI is InChI=1S/C13H7BrF3IO/c14-9-5-10(16)8(4-11(9)17)13(19)7-2-1-6(15)3-12(7)18/h1-5,13,19H. The van der Waals surface area contributed by atoms with Crippen molar-refractivity contribution in [2.75, 3.05) is 0 Å². The van der Waals surface area contributed by atoms with Crippen molar-refractivity contribution in [3.63, 3.8) is 0 Å². The fourth-order valence-corrected chi connectivity index (χ4v) is 2.73. The quantitative estimate of drug-likeness (QED) is 0.534. The number of rotatable bonds is 2. The molecule has 0 spiro atoms. The van der Waals surface area contributed by atoms with Gasteiger partial charge in [0.15, 0.2) is 0 Å². The summed E-state index contributed by atoms with van der Waals surface area (Å²) in [7, 11) is 0. The van der Waals surface area contributed by atoms with E-state index < -0.39 is 23.6 Å². The minimum atomic E-state index is -1.35. The van der Waals surface area contributed by atoms with Crippen LogP contribution >= 0.6 is 38.5 Å². The lowest BCUT2D eigenvalue weighted by Crippen LogP contribution is -2.06. The predicted octanol–water partition coefficient (Wildman–Crippen LogP) is 4.55. The lowest BCUT2D eigenvalue weighted by molar-refractivity contribution is 0.213. The molecule has 2 aromatic carbocycles. The molecule has 1 atom stereocenters. The van der Waals surface area contributed by atoms with Gasteiger partial charge in [-0.25, -0.2) is 13.2 Å². The van der Waals surface area contributed by atoms with Gasteiger partial charge in [-0.1, -0.05) is 6.07 Å². The monoisotopic (exact) mass is 442 g/mol. The largest absolute Gasteiger partial charge is 0.384 e. The maximum Gasteiger partial charge on any atom is 0.137 e. The SMILES string of the molecule is OC(c1cc(F)c(Br)cc1F)c1ccc(F)cc1I. The van der Waals surface area contributed by atoms with Crippen LogP contribution in [0.15, 0.2) is 34.8 Å². The maximum atomic E-state index is 13.7. The van der Waals surface area contributed by atoms with Crippen molar-refractivity contribution < 1.29 is 18.3 Å². The predicted molar refractivity (Wildman–Crippen MR) is 77.2 cm³/mol. The van der Waals surface area contributed by atoms with Crippen molar-refractivity contribution in [2.24, 2.45) is 0 Å². The molecule has 2 rings (SSSR count).